The molecule has 2 aromatic heterocycles. The average Bonchev–Trinajstić information content (AvgIpc) is 2.87. The molecule has 2 heterocycles. The van der Waals surface area contributed by atoms with E-state index in [1.165, 1.54) is 11.3 Å². The fourth-order valence-corrected chi connectivity index (χ4v) is 2.53. The van der Waals surface area contributed by atoms with Crippen molar-refractivity contribution in [1.29, 1.82) is 0 Å². The van der Waals surface area contributed by atoms with Crippen LogP contribution in [0.3, 0.4) is 0 Å². The maximum atomic E-state index is 12.0. The highest BCUT2D eigenvalue weighted by molar-refractivity contribution is 7.13. The van der Waals surface area contributed by atoms with E-state index >= 15 is 0 Å². The van der Waals surface area contributed by atoms with Crippen LogP contribution in [0.15, 0.2) is 29.3 Å². The largest absolute Gasteiger partial charge is 0.477 e. The fraction of sp³-hybridized carbons (Fsp3) is 0.333. The number of aromatic nitrogens is 2. The normalized spacial score (nSPS) is 11.1. The molecule has 1 N–H and O–H groups in total. The highest BCUT2D eigenvalue weighted by Crippen LogP contribution is 2.17. The van der Waals surface area contributed by atoms with Crippen LogP contribution in [0, 0.1) is 0 Å². The molecule has 0 aliphatic carbocycles. The van der Waals surface area contributed by atoms with Crippen LogP contribution in [0.2, 0.25) is 0 Å². The first-order valence-corrected chi connectivity index (χ1v) is 6.40. The lowest BCUT2D eigenvalue weighted by Gasteiger charge is -2.04. The Morgan fingerprint density at radius 1 is 1.39 bits per heavy atom. The average molecular weight is 266 g/mol. The molecule has 6 heteroatoms. The summed E-state index contributed by atoms with van der Waals surface area (Å²) < 4.78 is 3.23. The number of carboxylic acids is 1. The Hall–Kier alpha value is -1.82. The zero-order valence-corrected chi connectivity index (χ0v) is 11.0. The first kappa shape index (κ1) is 12.6. The lowest BCUT2D eigenvalue weighted by atomic mass is 10.4. The molecule has 96 valence electrons. The SMILES string of the molecule is CC(C)n1ccn(Cc2ccc(C(=O)O)s2)c1=O. The van der Waals surface area contributed by atoms with Crippen molar-refractivity contribution >= 4 is 17.3 Å². The van der Waals surface area contributed by atoms with Crippen LogP contribution < -0.4 is 5.69 Å². The summed E-state index contributed by atoms with van der Waals surface area (Å²) in [5, 5.41) is 8.83. The number of aromatic carboxylic acids is 1. The number of hydrogen-bond acceptors (Lipinski definition) is 3. The van der Waals surface area contributed by atoms with Gasteiger partial charge in [0, 0.05) is 23.3 Å². The van der Waals surface area contributed by atoms with Crippen LogP contribution in [0.25, 0.3) is 0 Å². The van der Waals surface area contributed by atoms with Gasteiger partial charge in [0.15, 0.2) is 0 Å². The summed E-state index contributed by atoms with van der Waals surface area (Å²) in [7, 11) is 0. The maximum absolute atomic E-state index is 12.0. The van der Waals surface area contributed by atoms with E-state index in [0.29, 0.717) is 11.4 Å². The fourth-order valence-electron chi connectivity index (χ4n) is 1.69. The monoisotopic (exact) mass is 266 g/mol. The molecule has 0 amide bonds. The van der Waals surface area contributed by atoms with Crippen LogP contribution in [-0.4, -0.2) is 20.2 Å². The number of rotatable bonds is 4. The predicted molar refractivity (Wildman–Crippen MR) is 69.5 cm³/mol. The number of hydrogen-bond donors (Lipinski definition) is 1. The maximum Gasteiger partial charge on any atom is 0.345 e. The van der Waals surface area contributed by atoms with E-state index in [1.807, 2.05) is 13.8 Å². The molecule has 5 nitrogen and oxygen atoms in total. The zero-order valence-electron chi connectivity index (χ0n) is 10.2. The Balaban J connectivity index is 2.23. The van der Waals surface area contributed by atoms with Gasteiger partial charge in [0.2, 0.25) is 0 Å². The minimum absolute atomic E-state index is 0.0738. The van der Waals surface area contributed by atoms with Crippen molar-refractivity contribution in [2.45, 2.75) is 26.4 Å². The lowest BCUT2D eigenvalue weighted by Crippen LogP contribution is -2.25. The zero-order chi connectivity index (χ0) is 13.3. The molecular weight excluding hydrogens is 252 g/mol. The second-order valence-electron chi connectivity index (χ2n) is 4.28. The Labute approximate surface area is 108 Å². The molecule has 0 atom stereocenters. The smallest absolute Gasteiger partial charge is 0.345 e. The molecule has 2 aromatic rings. The Bertz CT molecular complexity index is 621. The standard InChI is InChI=1S/C12H14N2O3S/c1-8(2)14-6-5-13(12(14)17)7-9-3-4-10(18-9)11(15)16/h3-6,8H,7H2,1-2H3,(H,15,16). The third kappa shape index (κ3) is 2.38. The summed E-state index contributed by atoms with van der Waals surface area (Å²) in [6.07, 6.45) is 3.47. The topological polar surface area (TPSA) is 64.2 Å². The van der Waals surface area contributed by atoms with E-state index in [1.54, 1.807) is 33.7 Å². The molecule has 2 rings (SSSR count). The number of imidazole rings is 1. The third-order valence-corrected chi connectivity index (χ3v) is 3.69. The van der Waals surface area contributed by atoms with Crippen LogP contribution in [0.4, 0.5) is 0 Å². The van der Waals surface area contributed by atoms with Crippen molar-refractivity contribution in [3.63, 3.8) is 0 Å². The quantitative estimate of drug-likeness (QED) is 0.921. The highest BCUT2D eigenvalue weighted by Gasteiger charge is 2.10. The molecule has 0 saturated heterocycles. The summed E-state index contributed by atoms with van der Waals surface area (Å²) in [6, 6.07) is 3.43. The van der Waals surface area contributed by atoms with Gasteiger partial charge < -0.3 is 5.11 Å². The summed E-state index contributed by atoms with van der Waals surface area (Å²) in [4.78, 5) is 23.9. The van der Waals surface area contributed by atoms with Crippen LogP contribution in [-0.2, 0) is 6.54 Å². The van der Waals surface area contributed by atoms with E-state index in [9.17, 15) is 9.59 Å². The van der Waals surface area contributed by atoms with Crippen molar-refractivity contribution < 1.29 is 9.90 Å². The van der Waals surface area contributed by atoms with Gasteiger partial charge in [-0.05, 0) is 26.0 Å². The van der Waals surface area contributed by atoms with E-state index in [0.717, 1.165) is 4.88 Å². The van der Waals surface area contributed by atoms with E-state index in [4.69, 9.17) is 5.11 Å². The van der Waals surface area contributed by atoms with Crippen molar-refractivity contribution in [3.05, 3.63) is 44.8 Å². The highest BCUT2D eigenvalue weighted by atomic mass is 32.1. The molecule has 0 bridgehead atoms. The predicted octanol–water partition coefficient (Wildman–Crippen LogP) is 2.04. The molecule has 0 aromatic carbocycles. The molecule has 0 radical (unpaired) electrons. The number of carbonyl (C=O) groups is 1. The van der Waals surface area contributed by atoms with E-state index in [2.05, 4.69) is 0 Å². The molecule has 0 unspecified atom stereocenters. The van der Waals surface area contributed by atoms with Crippen molar-refractivity contribution in [1.82, 2.24) is 9.13 Å². The van der Waals surface area contributed by atoms with Crippen molar-refractivity contribution in [3.8, 4) is 0 Å². The van der Waals surface area contributed by atoms with Gasteiger partial charge in [-0.3, -0.25) is 9.13 Å². The minimum Gasteiger partial charge on any atom is -0.477 e. The molecule has 0 aliphatic heterocycles. The van der Waals surface area contributed by atoms with Gasteiger partial charge in [-0.25, -0.2) is 9.59 Å². The van der Waals surface area contributed by atoms with Crippen LogP contribution in [0.1, 0.15) is 34.4 Å². The molecule has 0 aliphatic rings. The van der Waals surface area contributed by atoms with E-state index < -0.39 is 5.97 Å². The Kier molecular flexibility index (Phi) is 3.38. The van der Waals surface area contributed by atoms with Crippen LogP contribution >= 0.6 is 11.3 Å². The van der Waals surface area contributed by atoms with Gasteiger partial charge in [-0.1, -0.05) is 0 Å². The molecule has 0 spiro atoms. The third-order valence-electron chi connectivity index (χ3n) is 2.63. The first-order valence-electron chi connectivity index (χ1n) is 5.58. The summed E-state index contributed by atoms with van der Waals surface area (Å²) >= 11 is 1.19. The van der Waals surface area contributed by atoms with Gasteiger partial charge in [0.1, 0.15) is 4.88 Å². The minimum atomic E-state index is -0.932. The number of thiophene rings is 1. The Morgan fingerprint density at radius 2 is 2.11 bits per heavy atom. The van der Waals surface area contributed by atoms with Gasteiger partial charge >= 0.3 is 11.7 Å². The van der Waals surface area contributed by atoms with Crippen molar-refractivity contribution in [2.24, 2.45) is 0 Å². The second-order valence-corrected chi connectivity index (χ2v) is 5.45. The van der Waals surface area contributed by atoms with Gasteiger partial charge in [0.05, 0.1) is 6.54 Å². The molecular formula is C12H14N2O3S. The van der Waals surface area contributed by atoms with Gasteiger partial charge in [-0.15, -0.1) is 11.3 Å². The Morgan fingerprint density at radius 3 is 2.61 bits per heavy atom. The second kappa shape index (κ2) is 4.81. The molecule has 18 heavy (non-hydrogen) atoms. The lowest BCUT2D eigenvalue weighted by molar-refractivity contribution is 0.0702. The molecule has 0 saturated carbocycles. The molecule has 0 fully saturated rings. The summed E-state index contributed by atoms with van der Waals surface area (Å²) in [5.41, 5.74) is -0.0738. The number of carboxylic acid groups (broad SMARTS) is 1. The van der Waals surface area contributed by atoms with E-state index in [-0.39, 0.29) is 11.7 Å². The summed E-state index contributed by atoms with van der Waals surface area (Å²) in [5.74, 6) is -0.932. The van der Waals surface area contributed by atoms with Gasteiger partial charge in [-0.2, -0.15) is 0 Å². The van der Waals surface area contributed by atoms with Crippen molar-refractivity contribution in [2.75, 3.05) is 0 Å². The number of nitrogens with zero attached hydrogens (tertiary/aromatic N) is 2. The van der Waals surface area contributed by atoms with Gasteiger partial charge in [0.25, 0.3) is 0 Å². The van der Waals surface area contributed by atoms with Crippen LogP contribution in [0.5, 0.6) is 0 Å². The summed E-state index contributed by atoms with van der Waals surface area (Å²) in [6.45, 7) is 4.30. The first-order chi connectivity index (χ1) is 8.49.